The van der Waals surface area contributed by atoms with E-state index in [4.69, 9.17) is 4.74 Å². The molecule has 2 aromatic carbocycles. The Morgan fingerprint density at radius 3 is 2.76 bits per heavy atom. The molecule has 0 radical (unpaired) electrons. The van der Waals surface area contributed by atoms with Crippen molar-refractivity contribution in [2.75, 3.05) is 7.11 Å². The summed E-state index contributed by atoms with van der Waals surface area (Å²) in [6, 6.07) is 12.7. The molecular weight excluding hydrogens is 417 g/mol. The summed E-state index contributed by atoms with van der Waals surface area (Å²) in [5.41, 5.74) is 4.12. The van der Waals surface area contributed by atoms with Crippen molar-refractivity contribution >= 4 is 12.0 Å². The van der Waals surface area contributed by atoms with Crippen LogP contribution in [0.15, 0.2) is 60.6 Å². The lowest BCUT2D eigenvalue weighted by Crippen LogP contribution is -2.49. The SMILES string of the molecule is COc1cc(C=C2CC[C@@H]3CCC[C@H](c4ccccc4F)N3C2=O)ccc1-n1cnc(C)c1. The van der Waals surface area contributed by atoms with Crippen LogP contribution >= 0.6 is 0 Å². The Bertz CT molecular complexity index is 1220. The van der Waals surface area contributed by atoms with Gasteiger partial charge in [0.25, 0.3) is 5.91 Å². The van der Waals surface area contributed by atoms with E-state index in [1.54, 1.807) is 19.5 Å². The summed E-state index contributed by atoms with van der Waals surface area (Å²) < 4.78 is 22.1. The van der Waals surface area contributed by atoms with Gasteiger partial charge in [0.15, 0.2) is 0 Å². The second kappa shape index (κ2) is 8.85. The number of ether oxygens (including phenoxy) is 1. The first-order valence-corrected chi connectivity index (χ1v) is 11.5. The highest BCUT2D eigenvalue weighted by Crippen LogP contribution is 2.41. The monoisotopic (exact) mass is 445 g/mol. The molecule has 2 atom stereocenters. The minimum absolute atomic E-state index is 0.0208. The lowest BCUT2D eigenvalue weighted by atomic mass is 9.83. The molecule has 3 heterocycles. The number of rotatable bonds is 4. The average molecular weight is 446 g/mol. The average Bonchev–Trinajstić information content (AvgIpc) is 3.27. The third-order valence-corrected chi connectivity index (χ3v) is 6.80. The van der Waals surface area contributed by atoms with Crippen LogP contribution in [0.4, 0.5) is 4.39 Å². The summed E-state index contributed by atoms with van der Waals surface area (Å²) in [6.07, 6.45) is 10.1. The molecule has 5 rings (SSSR count). The molecule has 33 heavy (non-hydrogen) atoms. The van der Waals surface area contributed by atoms with Gasteiger partial charge in [0.2, 0.25) is 0 Å². The van der Waals surface area contributed by atoms with Crippen LogP contribution in [-0.4, -0.2) is 33.5 Å². The number of methoxy groups -OCH3 is 1. The molecule has 0 aliphatic carbocycles. The zero-order valence-corrected chi connectivity index (χ0v) is 19.0. The normalized spacial score (nSPS) is 21.8. The Kier molecular flexibility index (Phi) is 5.75. The largest absolute Gasteiger partial charge is 0.495 e. The van der Waals surface area contributed by atoms with E-state index >= 15 is 0 Å². The number of carbonyl (C=O) groups excluding carboxylic acids is 1. The van der Waals surface area contributed by atoms with E-state index in [1.165, 1.54) is 6.07 Å². The summed E-state index contributed by atoms with van der Waals surface area (Å²) >= 11 is 0. The maximum absolute atomic E-state index is 14.6. The lowest BCUT2D eigenvalue weighted by Gasteiger charge is -2.46. The van der Waals surface area contributed by atoms with E-state index in [9.17, 15) is 9.18 Å². The first kappa shape index (κ1) is 21.4. The zero-order chi connectivity index (χ0) is 22.9. The molecule has 1 amide bonds. The fraction of sp³-hybridized carbons (Fsp3) is 0.333. The van der Waals surface area contributed by atoms with Gasteiger partial charge >= 0.3 is 0 Å². The summed E-state index contributed by atoms with van der Waals surface area (Å²) in [7, 11) is 1.64. The molecule has 2 fully saturated rings. The summed E-state index contributed by atoms with van der Waals surface area (Å²) in [5, 5.41) is 0. The van der Waals surface area contributed by atoms with Crippen molar-refractivity contribution in [3.63, 3.8) is 0 Å². The fourth-order valence-electron chi connectivity index (χ4n) is 5.20. The Balaban J connectivity index is 1.46. The van der Waals surface area contributed by atoms with Crippen LogP contribution in [0.25, 0.3) is 11.8 Å². The smallest absolute Gasteiger partial charge is 0.250 e. The molecule has 0 spiro atoms. The molecule has 2 aliphatic heterocycles. The number of hydrogen-bond acceptors (Lipinski definition) is 3. The summed E-state index contributed by atoms with van der Waals surface area (Å²) in [6.45, 7) is 1.94. The molecule has 0 bridgehead atoms. The first-order valence-electron chi connectivity index (χ1n) is 11.5. The number of nitrogens with zero attached hydrogens (tertiary/aromatic N) is 3. The van der Waals surface area contributed by atoms with Gasteiger partial charge in [-0.15, -0.1) is 0 Å². The van der Waals surface area contributed by atoms with Gasteiger partial charge in [-0.05, 0) is 68.9 Å². The molecule has 3 aromatic rings. The number of benzene rings is 2. The number of aryl methyl sites for hydroxylation is 1. The van der Waals surface area contributed by atoms with E-state index in [0.717, 1.165) is 54.6 Å². The second-order valence-electron chi connectivity index (χ2n) is 8.90. The van der Waals surface area contributed by atoms with E-state index in [1.807, 2.05) is 59.0 Å². The molecule has 2 aliphatic rings. The molecule has 6 heteroatoms. The van der Waals surface area contributed by atoms with E-state index in [-0.39, 0.29) is 23.8 Å². The van der Waals surface area contributed by atoms with Crippen LogP contribution in [-0.2, 0) is 4.79 Å². The number of carbonyl (C=O) groups is 1. The van der Waals surface area contributed by atoms with Crippen molar-refractivity contribution in [3.05, 3.63) is 83.2 Å². The Morgan fingerprint density at radius 1 is 1.15 bits per heavy atom. The number of fused-ring (bicyclic) bond motifs is 1. The van der Waals surface area contributed by atoms with E-state index in [2.05, 4.69) is 4.98 Å². The van der Waals surface area contributed by atoms with Crippen LogP contribution in [0.3, 0.4) is 0 Å². The van der Waals surface area contributed by atoms with Crippen molar-refractivity contribution in [2.24, 2.45) is 0 Å². The minimum Gasteiger partial charge on any atom is -0.495 e. The number of amides is 1. The van der Waals surface area contributed by atoms with Gasteiger partial charge in [-0.1, -0.05) is 24.3 Å². The quantitative estimate of drug-likeness (QED) is 0.489. The maximum atomic E-state index is 14.6. The molecule has 170 valence electrons. The number of halogens is 1. The van der Waals surface area contributed by atoms with E-state index < -0.39 is 0 Å². The molecule has 0 unspecified atom stereocenters. The van der Waals surface area contributed by atoms with Crippen LogP contribution in [0.5, 0.6) is 5.75 Å². The van der Waals surface area contributed by atoms with Crippen molar-refractivity contribution in [2.45, 2.75) is 51.1 Å². The van der Waals surface area contributed by atoms with Gasteiger partial charge in [-0.25, -0.2) is 9.37 Å². The molecule has 0 N–H and O–H groups in total. The number of piperidine rings is 2. The summed E-state index contributed by atoms with van der Waals surface area (Å²) in [5.74, 6) is 0.500. The molecule has 0 saturated carbocycles. The second-order valence-corrected chi connectivity index (χ2v) is 8.90. The van der Waals surface area contributed by atoms with Gasteiger partial charge in [0.05, 0.1) is 30.9 Å². The van der Waals surface area contributed by atoms with Crippen LogP contribution in [0.2, 0.25) is 0 Å². The van der Waals surface area contributed by atoms with Crippen molar-refractivity contribution in [3.8, 4) is 11.4 Å². The lowest BCUT2D eigenvalue weighted by molar-refractivity contribution is -0.136. The highest BCUT2D eigenvalue weighted by atomic mass is 19.1. The Labute approximate surface area is 193 Å². The predicted molar refractivity (Wildman–Crippen MR) is 126 cm³/mol. The topological polar surface area (TPSA) is 47.4 Å². The van der Waals surface area contributed by atoms with Crippen LogP contribution in [0, 0.1) is 12.7 Å². The van der Waals surface area contributed by atoms with Crippen molar-refractivity contribution in [1.29, 1.82) is 0 Å². The van der Waals surface area contributed by atoms with Gasteiger partial charge in [-0.3, -0.25) is 4.79 Å². The third kappa shape index (κ3) is 4.06. The standard InChI is InChI=1S/C27H28FN3O2/c1-18-16-30(17-29-18)25-13-10-19(15-26(25)33-2)14-20-11-12-21-6-5-9-24(31(21)27(20)32)22-7-3-4-8-23(22)28/h3-4,7-8,10,13-17,21,24H,5-6,9,11-12H2,1-2H3/t21-,24+/m0/s1. The highest BCUT2D eigenvalue weighted by molar-refractivity contribution is 5.99. The third-order valence-electron chi connectivity index (χ3n) is 6.80. The van der Waals surface area contributed by atoms with Gasteiger partial charge in [0, 0.05) is 23.4 Å². The van der Waals surface area contributed by atoms with Gasteiger partial charge in [-0.2, -0.15) is 0 Å². The number of imidazole rings is 1. The number of aromatic nitrogens is 2. The van der Waals surface area contributed by atoms with Gasteiger partial charge < -0.3 is 14.2 Å². The van der Waals surface area contributed by atoms with Crippen molar-refractivity contribution < 1.29 is 13.9 Å². The highest BCUT2D eigenvalue weighted by Gasteiger charge is 2.40. The Hall–Kier alpha value is -3.41. The van der Waals surface area contributed by atoms with Gasteiger partial charge in [0.1, 0.15) is 11.6 Å². The summed E-state index contributed by atoms with van der Waals surface area (Å²) in [4.78, 5) is 19.8. The van der Waals surface area contributed by atoms with E-state index in [0.29, 0.717) is 11.3 Å². The molecule has 1 aromatic heterocycles. The van der Waals surface area contributed by atoms with Crippen LogP contribution in [0.1, 0.15) is 55.0 Å². The first-order chi connectivity index (χ1) is 16.0. The zero-order valence-electron chi connectivity index (χ0n) is 19.0. The molecular formula is C27H28FN3O2. The van der Waals surface area contributed by atoms with Crippen LogP contribution < -0.4 is 4.74 Å². The van der Waals surface area contributed by atoms with Crippen molar-refractivity contribution in [1.82, 2.24) is 14.5 Å². The maximum Gasteiger partial charge on any atom is 0.250 e. The predicted octanol–water partition coefficient (Wildman–Crippen LogP) is 5.63. The molecule has 5 nitrogen and oxygen atoms in total. The Morgan fingerprint density at radius 2 is 2.00 bits per heavy atom. The number of hydrogen-bond donors (Lipinski definition) is 0. The molecule has 2 saturated heterocycles. The fourth-order valence-corrected chi connectivity index (χ4v) is 5.20. The minimum atomic E-state index is -0.234.